The van der Waals surface area contributed by atoms with Gasteiger partial charge < -0.3 is 14.7 Å². The Kier molecular flexibility index (Phi) is 4.57. The Hall–Kier alpha value is -1.55. The second-order valence-corrected chi connectivity index (χ2v) is 6.81. The number of aliphatic hydroxyl groups excluding tert-OH is 1. The van der Waals surface area contributed by atoms with Crippen molar-refractivity contribution in [2.24, 2.45) is 5.92 Å². The van der Waals surface area contributed by atoms with Gasteiger partial charge in [-0.15, -0.1) is 0 Å². The molecule has 0 aromatic heterocycles. The zero-order chi connectivity index (χ0) is 15.6. The summed E-state index contributed by atoms with van der Waals surface area (Å²) in [6, 6.07) is 8.12. The highest BCUT2D eigenvalue weighted by atomic mass is 16.6. The standard InChI is InChI=1S/C17H25NO3/c1-12(11-19)15-9-13-7-5-6-8-14(13)10-18(15)16(20)21-17(2,3)4/h5-8,12,15,19H,9-11H2,1-4H3/t12-,15+/m1/s1. The normalized spacial score (nSPS) is 19.9. The minimum atomic E-state index is -0.513. The number of carbonyl (C=O) groups is 1. The molecule has 21 heavy (non-hydrogen) atoms. The molecular weight excluding hydrogens is 266 g/mol. The van der Waals surface area contributed by atoms with Crippen LogP contribution < -0.4 is 0 Å². The average molecular weight is 291 g/mol. The van der Waals surface area contributed by atoms with Gasteiger partial charge in [-0.25, -0.2) is 4.79 Å². The third-order valence-electron chi connectivity index (χ3n) is 3.86. The summed E-state index contributed by atoms with van der Waals surface area (Å²) >= 11 is 0. The lowest BCUT2D eigenvalue weighted by atomic mass is 9.88. The Morgan fingerprint density at radius 3 is 2.57 bits per heavy atom. The van der Waals surface area contributed by atoms with E-state index < -0.39 is 5.60 Å². The molecule has 1 heterocycles. The fourth-order valence-electron chi connectivity index (χ4n) is 2.70. The van der Waals surface area contributed by atoms with Gasteiger partial charge in [-0.3, -0.25) is 0 Å². The van der Waals surface area contributed by atoms with Crippen molar-refractivity contribution in [3.05, 3.63) is 35.4 Å². The van der Waals surface area contributed by atoms with E-state index in [0.717, 1.165) is 12.0 Å². The molecule has 4 heteroatoms. The van der Waals surface area contributed by atoms with Crippen LogP contribution in [0.15, 0.2) is 24.3 Å². The van der Waals surface area contributed by atoms with Crippen LogP contribution in [0, 0.1) is 5.92 Å². The topological polar surface area (TPSA) is 49.8 Å². The number of aliphatic hydroxyl groups is 1. The van der Waals surface area contributed by atoms with Gasteiger partial charge in [-0.1, -0.05) is 31.2 Å². The highest BCUT2D eigenvalue weighted by molar-refractivity contribution is 5.69. The molecule has 1 aliphatic heterocycles. The Morgan fingerprint density at radius 2 is 2.00 bits per heavy atom. The fourth-order valence-corrected chi connectivity index (χ4v) is 2.70. The lowest BCUT2D eigenvalue weighted by Gasteiger charge is -2.40. The first-order chi connectivity index (χ1) is 9.81. The summed E-state index contributed by atoms with van der Waals surface area (Å²) in [5.41, 5.74) is 1.90. The van der Waals surface area contributed by atoms with Crippen molar-refractivity contribution in [1.29, 1.82) is 0 Å². The summed E-state index contributed by atoms with van der Waals surface area (Å²) in [5, 5.41) is 9.49. The van der Waals surface area contributed by atoms with E-state index in [1.54, 1.807) is 4.90 Å². The summed E-state index contributed by atoms with van der Waals surface area (Å²) in [7, 11) is 0. The van der Waals surface area contributed by atoms with Gasteiger partial charge in [0.25, 0.3) is 0 Å². The van der Waals surface area contributed by atoms with Crippen LogP contribution in [0.4, 0.5) is 4.79 Å². The van der Waals surface area contributed by atoms with Crippen LogP contribution in [0.2, 0.25) is 0 Å². The maximum absolute atomic E-state index is 12.5. The van der Waals surface area contributed by atoms with Gasteiger partial charge in [0.15, 0.2) is 0 Å². The number of nitrogens with zero attached hydrogens (tertiary/aromatic N) is 1. The zero-order valence-electron chi connectivity index (χ0n) is 13.3. The number of carbonyl (C=O) groups excluding carboxylic acids is 1. The first-order valence-corrected chi connectivity index (χ1v) is 7.49. The van der Waals surface area contributed by atoms with Crippen molar-refractivity contribution < 1.29 is 14.6 Å². The van der Waals surface area contributed by atoms with E-state index in [1.807, 2.05) is 45.9 Å². The Balaban J connectivity index is 2.26. The van der Waals surface area contributed by atoms with Gasteiger partial charge >= 0.3 is 6.09 Å². The number of hydrogen-bond acceptors (Lipinski definition) is 3. The minimum Gasteiger partial charge on any atom is -0.444 e. The average Bonchev–Trinajstić information content (AvgIpc) is 2.43. The number of fused-ring (bicyclic) bond motifs is 1. The van der Waals surface area contributed by atoms with E-state index in [9.17, 15) is 9.90 Å². The zero-order valence-corrected chi connectivity index (χ0v) is 13.3. The smallest absolute Gasteiger partial charge is 0.410 e. The molecule has 0 fully saturated rings. The Morgan fingerprint density at radius 1 is 1.38 bits per heavy atom. The fraction of sp³-hybridized carbons (Fsp3) is 0.588. The van der Waals surface area contributed by atoms with Crippen molar-refractivity contribution in [3.8, 4) is 0 Å². The molecule has 1 aliphatic rings. The molecular formula is C17H25NO3. The van der Waals surface area contributed by atoms with Crippen LogP contribution in [-0.4, -0.2) is 34.3 Å². The van der Waals surface area contributed by atoms with Crippen LogP contribution in [0.1, 0.15) is 38.8 Å². The molecule has 1 aromatic rings. The van der Waals surface area contributed by atoms with Gasteiger partial charge in [0.05, 0.1) is 0 Å². The number of rotatable bonds is 2. The third kappa shape index (κ3) is 3.76. The molecule has 2 atom stereocenters. The van der Waals surface area contributed by atoms with E-state index in [0.29, 0.717) is 6.54 Å². The van der Waals surface area contributed by atoms with Crippen LogP contribution in [0.3, 0.4) is 0 Å². The van der Waals surface area contributed by atoms with Crippen molar-refractivity contribution >= 4 is 6.09 Å². The molecule has 1 aromatic carbocycles. The van der Waals surface area contributed by atoms with E-state index in [-0.39, 0.29) is 24.7 Å². The molecule has 1 amide bonds. The molecule has 116 valence electrons. The van der Waals surface area contributed by atoms with E-state index in [4.69, 9.17) is 4.74 Å². The van der Waals surface area contributed by atoms with Crippen molar-refractivity contribution in [2.45, 2.75) is 52.3 Å². The van der Waals surface area contributed by atoms with Crippen LogP contribution >= 0.6 is 0 Å². The number of amides is 1. The molecule has 0 saturated heterocycles. The molecule has 0 saturated carbocycles. The van der Waals surface area contributed by atoms with Crippen LogP contribution in [-0.2, 0) is 17.7 Å². The van der Waals surface area contributed by atoms with E-state index >= 15 is 0 Å². The largest absolute Gasteiger partial charge is 0.444 e. The SMILES string of the molecule is C[C@H](CO)[C@@H]1Cc2ccccc2CN1C(=O)OC(C)(C)C. The third-order valence-corrected chi connectivity index (χ3v) is 3.86. The summed E-state index contributed by atoms with van der Waals surface area (Å²) in [6.45, 7) is 8.18. The minimum absolute atomic E-state index is 0.0193. The summed E-state index contributed by atoms with van der Waals surface area (Å²) < 4.78 is 5.52. The quantitative estimate of drug-likeness (QED) is 0.911. The summed E-state index contributed by atoms with van der Waals surface area (Å²) in [4.78, 5) is 14.2. The molecule has 0 radical (unpaired) electrons. The molecule has 4 nitrogen and oxygen atoms in total. The Labute approximate surface area is 126 Å². The lowest BCUT2D eigenvalue weighted by molar-refractivity contribution is 0.00155. The molecule has 1 N–H and O–H groups in total. The predicted molar refractivity (Wildman–Crippen MR) is 82.0 cm³/mol. The van der Waals surface area contributed by atoms with Crippen LogP contribution in [0.5, 0.6) is 0 Å². The lowest BCUT2D eigenvalue weighted by Crippen LogP contribution is -2.50. The summed E-state index contributed by atoms with van der Waals surface area (Å²) in [6.07, 6.45) is 0.458. The van der Waals surface area contributed by atoms with E-state index in [2.05, 4.69) is 6.07 Å². The molecule has 0 spiro atoms. The highest BCUT2D eigenvalue weighted by Gasteiger charge is 2.35. The maximum Gasteiger partial charge on any atom is 0.410 e. The van der Waals surface area contributed by atoms with Gasteiger partial charge in [0.1, 0.15) is 5.60 Å². The number of benzene rings is 1. The van der Waals surface area contributed by atoms with Gasteiger partial charge in [-0.2, -0.15) is 0 Å². The van der Waals surface area contributed by atoms with Crippen molar-refractivity contribution in [1.82, 2.24) is 4.90 Å². The monoisotopic (exact) mass is 291 g/mol. The van der Waals surface area contributed by atoms with Gasteiger partial charge in [-0.05, 0) is 38.3 Å². The second kappa shape index (κ2) is 6.06. The van der Waals surface area contributed by atoms with E-state index in [1.165, 1.54) is 5.56 Å². The van der Waals surface area contributed by atoms with Crippen LogP contribution in [0.25, 0.3) is 0 Å². The predicted octanol–water partition coefficient (Wildman–Crippen LogP) is 2.98. The molecule has 0 bridgehead atoms. The van der Waals surface area contributed by atoms with Crippen molar-refractivity contribution in [2.75, 3.05) is 6.61 Å². The van der Waals surface area contributed by atoms with Gasteiger partial charge in [0.2, 0.25) is 0 Å². The van der Waals surface area contributed by atoms with Crippen molar-refractivity contribution in [3.63, 3.8) is 0 Å². The molecule has 0 aliphatic carbocycles. The summed E-state index contributed by atoms with van der Waals surface area (Å²) in [5.74, 6) is 0.0193. The number of hydrogen-bond donors (Lipinski definition) is 1. The second-order valence-electron chi connectivity index (χ2n) is 6.81. The first kappa shape index (κ1) is 15.8. The molecule has 0 unspecified atom stereocenters. The molecule has 2 rings (SSSR count). The number of ether oxygens (including phenoxy) is 1. The van der Waals surface area contributed by atoms with Gasteiger partial charge in [0, 0.05) is 25.1 Å². The Bertz CT molecular complexity index is 507. The maximum atomic E-state index is 12.5. The highest BCUT2D eigenvalue weighted by Crippen LogP contribution is 2.28. The first-order valence-electron chi connectivity index (χ1n) is 7.49.